The number of H-pyrrole nitrogens is 1. The van der Waals surface area contributed by atoms with Gasteiger partial charge in [-0.15, -0.1) is 0 Å². The molecule has 0 unspecified atom stereocenters. The molecule has 1 fully saturated rings. The van der Waals surface area contributed by atoms with Crippen LogP contribution in [0.2, 0.25) is 0 Å². The molecule has 0 radical (unpaired) electrons. The Balaban J connectivity index is 2.30. The smallest absolute Gasteiger partial charge is 0.295 e. The molecule has 1 N–H and O–H groups in total. The first kappa shape index (κ1) is 12.9. The topological polar surface area (TPSA) is 58.2 Å². The van der Waals surface area contributed by atoms with Crippen LogP contribution in [0.1, 0.15) is 33.1 Å². The number of methoxy groups -OCH3 is 1. The maximum atomic E-state index is 11.7. The molecule has 1 aromatic heterocycles. The molecule has 1 aliphatic rings. The van der Waals surface area contributed by atoms with Crippen LogP contribution in [0.3, 0.4) is 0 Å². The molecule has 1 aliphatic heterocycles. The van der Waals surface area contributed by atoms with Crippen LogP contribution < -0.4 is 15.2 Å². The molecule has 2 rings (SSSR count). The van der Waals surface area contributed by atoms with Crippen molar-refractivity contribution in [3.05, 3.63) is 16.7 Å². The van der Waals surface area contributed by atoms with E-state index in [4.69, 9.17) is 4.74 Å². The SMILES string of the molecule is CCC1(CC)CCN(c2nc[nH]c(=O)c2OC)C1. The number of ether oxygens (including phenoxy) is 1. The molecule has 0 atom stereocenters. The van der Waals surface area contributed by atoms with Gasteiger partial charge in [0, 0.05) is 13.1 Å². The summed E-state index contributed by atoms with van der Waals surface area (Å²) < 4.78 is 5.18. The second kappa shape index (κ2) is 5.00. The van der Waals surface area contributed by atoms with Crippen LogP contribution in [0, 0.1) is 5.41 Å². The molecule has 5 nitrogen and oxygen atoms in total. The highest BCUT2D eigenvalue weighted by atomic mass is 16.5. The van der Waals surface area contributed by atoms with Gasteiger partial charge in [0.15, 0.2) is 5.82 Å². The summed E-state index contributed by atoms with van der Waals surface area (Å²) in [6.07, 6.45) is 4.91. The van der Waals surface area contributed by atoms with Gasteiger partial charge in [0.2, 0.25) is 5.75 Å². The van der Waals surface area contributed by atoms with E-state index in [1.165, 1.54) is 13.4 Å². The highest BCUT2D eigenvalue weighted by molar-refractivity contribution is 5.51. The van der Waals surface area contributed by atoms with Crippen molar-refractivity contribution in [2.45, 2.75) is 33.1 Å². The van der Waals surface area contributed by atoms with Crippen molar-refractivity contribution in [2.24, 2.45) is 5.41 Å². The summed E-state index contributed by atoms with van der Waals surface area (Å²) in [6.45, 7) is 6.35. The normalized spacial score (nSPS) is 18.1. The first-order valence-electron chi connectivity index (χ1n) is 6.52. The molecule has 0 aromatic carbocycles. The molecule has 1 aromatic rings. The Kier molecular flexibility index (Phi) is 3.59. The van der Waals surface area contributed by atoms with E-state index >= 15 is 0 Å². The van der Waals surface area contributed by atoms with E-state index in [0.717, 1.165) is 32.4 Å². The number of anilines is 1. The summed E-state index contributed by atoms with van der Waals surface area (Å²) >= 11 is 0. The predicted octanol–water partition coefficient (Wildman–Crippen LogP) is 1.79. The highest BCUT2D eigenvalue weighted by Gasteiger charge is 2.36. The minimum absolute atomic E-state index is 0.215. The van der Waals surface area contributed by atoms with Crippen molar-refractivity contribution in [1.82, 2.24) is 9.97 Å². The summed E-state index contributed by atoms with van der Waals surface area (Å²) in [4.78, 5) is 20.7. The van der Waals surface area contributed by atoms with E-state index in [2.05, 4.69) is 28.7 Å². The fraction of sp³-hybridized carbons (Fsp3) is 0.692. The van der Waals surface area contributed by atoms with Gasteiger partial charge in [-0.05, 0) is 24.7 Å². The van der Waals surface area contributed by atoms with Gasteiger partial charge in [-0.1, -0.05) is 13.8 Å². The maximum Gasteiger partial charge on any atom is 0.295 e. The number of hydrogen-bond donors (Lipinski definition) is 1. The molecular weight excluding hydrogens is 230 g/mol. The van der Waals surface area contributed by atoms with Crippen molar-refractivity contribution >= 4 is 5.82 Å². The van der Waals surface area contributed by atoms with Crippen LogP contribution >= 0.6 is 0 Å². The minimum Gasteiger partial charge on any atom is -0.489 e. The summed E-state index contributed by atoms with van der Waals surface area (Å²) in [5.41, 5.74) is 0.142. The van der Waals surface area contributed by atoms with E-state index in [1.54, 1.807) is 0 Å². The standard InChI is InChI=1S/C13H21N3O2/c1-4-13(5-2)6-7-16(8-13)11-10(18-3)12(17)15-9-14-11/h9H,4-8H2,1-3H3,(H,14,15,17). The molecule has 0 aliphatic carbocycles. The Hall–Kier alpha value is -1.52. The Bertz CT molecular complexity index is 466. The van der Waals surface area contributed by atoms with E-state index < -0.39 is 0 Å². The van der Waals surface area contributed by atoms with Crippen molar-refractivity contribution in [3.8, 4) is 5.75 Å². The molecule has 0 bridgehead atoms. The molecule has 1 saturated heterocycles. The second-order valence-corrected chi connectivity index (χ2v) is 4.97. The number of aromatic nitrogens is 2. The molecule has 18 heavy (non-hydrogen) atoms. The predicted molar refractivity (Wildman–Crippen MR) is 71.3 cm³/mol. The molecule has 2 heterocycles. The van der Waals surface area contributed by atoms with Crippen LogP contribution in [-0.4, -0.2) is 30.2 Å². The monoisotopic (exact) mass is 251 g/mol. The number of rotatable bonds is 4. The van der Waals surface area contributed by atoms with Gasteiger partial charge in [0.1, 0.15) is 0 Å². The summed E-state index contributed by atoms with van der Waals surface area (Å²) in [7, 11) is 1.51. The van der Waals surface area contributed by atoms with Gasteiger partial charge >= 0.3 is 0 Å². The lowest BCUT2D eigenvalue weighted by Crippen LogP contribution is -2.28. The zero-order valence-electron chi connectivity index (χ0n) is 11.3. The second-order valence-electron chi connectivity index (χ2n) is 4.97. The average Bonchev–Trinajstić information content (AvgIpc) is 2.83. The third-order valence-electron chi connectivity index (χ3n) is 4.23. The van der Waals surface area contributed by atoms with E-state index in [9.17, 15) is 4.79 Å². The fourth-order valence-electron chi connectivity index (χ4n) is 2.73. The minimum atomic E-state index is -0.215. The van der Waals surface area contributed by atoms with Gasteiger partial charge in [-0.2, -0.15) is 0 Å². The Morgan fingerprint density at radius 1 is 1.50 bits per heavy atom. The molecule has 5 heteroatoms. The van der Waals surface area contributed by atoms with Crippen LogP contribution in [0.4, 0.5) is 5.82 Å². The summed E-state index contributed by atoms with van der Waals surface area (Å²) in [5.74, 6) is 0.991. The van der Waals surface area contributed by atoms with Crippen molar-refractivity contribution in [1.29, 1.82) is 0 Å². The average molecular weight is 251 g/mol. The Morgan fingerprint density at radius 2 is 2.22 bits per heavy atom. The van der Waals surface area contributed by atoms with E-state index in [1.807, 2.05) is 0 Å². The zero-order chi connectivity index (χ0) is 13.2. The Labute approximate surface area is 107 Å². The van der Waals surface area contributed by atoms with E-state index in [0.29, 0.717) is 17.0 Å². The molecule has 0 spiro atoms. The molecule has 0 saturated carbocycles. The Morgan fingerprint density at radius 3 is 2.78 bits per heavy atom. The van der Waals surface area contributed by atoms with Crippen LogP contribution in [-0.2, 0) is 0 Å². The lowest BCUT2D eigenvalue weighted by atomic mass is 9.82. The fourth-order valence-corrected chi connectivity index (χ4v) is 2.73. The summed E-state index contributed by atoms with van der Waals surface area (Å²) in [6, 6.07) is 0. The van der Waals surface area contributed by atoms with Gasteiger partial charge in [-0.25, -0.2) is 4.98 Å². The van der Waals surface area contributed by atoms with Gasteiger partial charge in [-0.3, -0.25) is 4.79 Å². The number of nitrogens with zero attached hydrogens (tertiary/aromatic N) is 2. The first-order valence-corrected chi connectivity index (χ1v) is 6.52. The van der Waals surface area contributed by atoms with Crippen molar-refractivity contribution in [2.75, 3.05) is 25.1 Å². The number of nitrogens with one attached hydrogen (secondary N) is 1. The largest absolute Gasteiger partial charge is 0.489 e. The van der Waals surface area contributed by atoms with Gasteiger partial charge in [0.05, 0.1) is 13.4 Å². The highest BCUT2D eigenvalue weighted by Crippen LogP contribution is 2.39. The lowest BCUT2D eigenvalue weighted by molar-refractivity contribution is 0.301. The molecule has 0 amide bonds. The summed E-state index contributed by atoms with van der Waals surface area (Å²) in [5, 5.41) is 0. The zero-order valence-corrected chi connectivity index (χ0v) is 11.3. The van der Waals surface area contributed by atoms with Crippen LogP contribution in [0.5, 0.6) is 5.75 Å². The van der Waals surface area contributed by atoms with Crippen molar-refractivity contribution in [3.63, 3.8) is 0 Å². The third kappa shape index (κ3) is 2.09. The lowest BCUT2D eigenvalue weighted by Gasteiger charge is -2.27. The van der Waals surface area contributed by atoms with Gasteiger partial charge in [0.25, 0.3) is 5.56 Å². The maximum absolute atomic E-state index is 11.7. The molecular formula is C13H21N3O2. The molecule has 100 valence electrons. The van der Waals surface area contributed by atoms with Gasteiger partial charge < -0.3 is 14.6 Å². The van der Waals surface area contributed by atoms with Crippen molar-refractivity contribution < 1.29 is 4.74 Å². The first-order chi connectivity index (χ1) is 8.65. The third-order valence-corrected chi connectivity index (χ3v) is 4.23. The quantitative estimate of drug-likeness (QED) is 0.886. The van der Waals surface area contributed by atoms with Crippen LogP contribution in [0.15, 0.2) is 11.1 Å². The van der Waals surface area contributed by atoms with E-state index in [-0.39, 0.29) is 5.56 Å². The van der Waals surface area contributed by atoms with Crippen LogP contribution in [0.25, 0.3) is 0 Å². The number of aromatic amines is 1. The number of hydrogen-bond acceptors (Lipinski definition) is 4.